The number of ketones is 1. The Labute approximate surface area is 316 Å². The van der Waals surface area contributed by atoms with E-state index in [9.17, 15) is 9.90 Å². The minimum Gasteiger partial charge on any atom is -0.508 e. The monoisotopic (exact) mass is 727 g/mol. The fourth-order valence-electron chi connectivity index (χ4n) is 6.61. The number of aliphatic hydroxyl groups is 1. The number of aryl methyl sites for hydroxylation is 1. The van der Waals surface area contributed by atoms with Crippen LogP contribution in [-0.2, 0) is 4.79 Å². The van der Waals surface area contributed by atoms with Crippen LogP contribution < -0.4 is 25.4 Å². The quantitative estimate of drug-likeness (QED) is 0.0268. The molecule has 0 bridgehead atoms. The Balaban J connectivity index is 1.01. The zero-order chi connectivity index (χ0) is 37.1. The van der Waals surface area contributed by atoms with Crippen LogP contribution in [0.5, 0.6) is 11.5 Å². The summed E-state index contributed by atoms with van der Waals surface area (Å²) in [5, 5.41) is 14.6. The first-order valence-corrected chi connectivity index (χ1v) is 20.7. The van der Waals surface area contributed by atoms with Gasteiger partial charge in [0.15, 0.2) is 17.3 Å². The second-order valence-corrected chi connectivity index (χ2v) is 16.8. The molecule has 5 aromatic rings. The van der Waals surface area contributed by atoms with Crippen molar-refractivity contribution in [3.05, 3.63) is 162 Å². The summed E-state index contributed by atoms with van der Waals surface area (Å²) in [6.07, 6.45) is 18.0. The van der Waals surface area contributed by atoms with Gasteiger partial charge >= 0.3 is 0 Å². The number of rotatable bonds is 21. The van der Waals surface area contributed by atoms with Crippen LogP contribution >= 0.6 is 7.26 Å². The molecule has 0 radical (unpaired) electrons. The highest BCUT2D eigenvalue weighted by molar-refractivity contribution is 7.95. The van der Waals surface area contributed by atoms with Crippen molar-refractivity contribution in [1.29, 1.82) is 0 Å². The Morgan fingerprint density at radius 1 is 0.660 bits per heavy atom. The van der Waals surface area contributed by atoms with Crippen LogP contribution in [0.4, 0.5) is 0 Å². The third-order valence-electron chi connectivity index (χ3n) is 9.33. The molecule has 0 unspecified atom stereocenters. The molecule has 0 spiro atoms. The van der Waals surface area contributed by atoms with Crippen LogP contribution in [-0.4, -0.2) is 30.8 Å². The van der Waals surface area contributed by atoms with E-state index in [4.69, 9.17) is 13.9 Å². The van der Waals surface area contributed by atoms with Gasteiger partial charge in [-0.05, 0) is 111 Å². The van der Waals surface area contributed by atoms with Crippen molar-refractivity contribution in [1.82, 2.24) is 0 Å². The predicted octanol–water partition coefficient (Wildman–Crippen LogP) is 10.8. The molecular weight excluding hydrogens is 675 g/mol. The van der Waals surface area contributed by atoms with E-state index in [0.29, 0.717) is 23.9 Å². The first kappa shape index (κ1) is 39.1. The summed E-state index contributed by atoms with van der Waals surface area (Å²) in [6, 6.07) is 42.8. The van der Waals surface area contributed by atoms with Gasteiger partial charge in [-0.15, -0.1) is 0 Å². The number of benzene rings is 4. The van der Waals surface area contributed by atoms with Crippen molar-refractivity contribution in [3.63, 3.8) is 0 Å². The largest absolute Gasteiger partial charge is 0.508 e. The average Bonchev–Trinajstić information content (AvgIpc) is 3.62. The number of aliphatic hydroxyl groups excluding tert-OH is 1. The number of allylic oxidation sites excluding steroid dienone is 3. The van der Waals surface area contributed by atoms with Crippen LogP contribution in [0.25, 0.3) is 12.2 Å². The first-order valence-electron chi connectivity index (χ1n) is 18.7. The molecule has 0 saturated heterocycles. The fraction of sp³-hybridized carbons (Fsp3) is 0.255. The van der Waals surface area contributed by atoms with Gasteiger partial charge < -0.3 is 19.0 Å². The topological polar surface area (TPSA) is 68.9 Å². The summed E-state index contributed by atoms with van der Waals surface area (Å²) in [7, 11) is -0.122. The fourth-order valence-corrected chi connectivity index (χ4v) is 11.0. The molecule has 4 aromatic carbocycles. The number of hydrogen-bond donors (Lipinski definition) is 1. The maximum Gasteiger partial charge on any atom is 0.182 e. The first-order chi connectivity index (χ1) is 26.0. The highest BCUT2D eigenvalue weighted by Crippen LogP contribution is 2.56. The normalized spacial score (nSPS) is 12.1. The van der Waals surface area contributed by atoms with Gasteiger partial charge in [0.2, 0.25) is 0 Å². The molecule has 1 heterocycles. The average molecular weight is 728 g/mol. The molecule has 5 nitrogen and oxygen atoms in total. The number of hydrogen-bond acceptors (Lipinski definition) is 5. The third kappa shape index (κ3) is 11.7. The van der Waals surface area contributed by atoms with Crippen molar-refractivity contribution in [2.24, 2.45) is 0 Å². The van der Waals surface area contributed by atoms with E-state index in [1.54, 1.807) is 25.3 Å². The molecule has 1 aromatic heterocycles. The number of carbonyl (C=O) groups is 1. The SMILES string of the molecule is COc1cc(C=CC(O)=CC(=O)C=Cc2ccc(C)o2)ccc1OCCCCCCCCCC[P+](c1ccccc1)(c1ccccc1)c1ccccc1. The van der Waals surface area contributed by atoms with Gasteiger partial charge in [-0.3, -0.25) is 4.79 Å². The standard InChI is InChI=1S/C47H51O5P/c1-38-26-31-42(52-38)32-30-41(49)37-40(48)29-27-39-28-33-46(47(36-39)50-2)51-34-18-7-5-3-4-6-8-19-35-53(43-20-12-9-13-21-43,44-22-14-10-15-23-44)45-24-16-11-17-25-45/h9-17,20-33,36-37H,3-8,18-19,34-35H2,1-2H3/p+1. The molecule has 5 rings (SSSR count). The van der Waals surface area contributed by atoms with E-state index >= 15 is 0 Å². The minimum absolute atomic E-state index is 0.146. The van der Waals surface area contributed by atoms with Crippen LogP contribution in [0.15, 0.2) is 150 Å². The summed E-state index contributed by atoms with van der Waals surface area (Å²) in [6.45, 7) is 2.47. The highest BCUT2D eigenvalue weighted by Gasteiger charge is 2.44. The lowest BCUT2D eigenvalue weighted by Gasteiger charge is -2.27. The maximum atomic E-state index is 12.1. The number of carbonyl (C=O) groups excluding carboxylic acids is 1. The van der Waals surface area contributed by atoms with Crippen molar-refractivity contribution < 1.29 is 23.8 Å². The van der Waals surface area contributed by atoms with Gasteiger partial charge in [0.05, 0.1) is 19.9 Å². The minimum atomic E-state index is -1.74. The Kier molecular flexibility index (Phi) is 15.3. The lowest BCUT2D eigenvalue weighted by Crippen LogP contribution is -2.33. The molecule has 0 fully saturated rings. The summed E-state index contributed by atoms with van der Waals surface area (Å²) in [5.41, 5.74) is 0.816. The Morgan fingerprint density at radius 3 is 1.77 bits per heavy atom. The van der Waals surface area contributed by atoms with Gasteiger partial charge in [0.1, 0.15) is 40.5 Å². The molecule has 0 aliphatic carbocycles. The second-order valence-electron chi connectivity index (χ2n) is 13.2. The van der Waals surface area contributed by atoms with E-state index in [-0.39, 0.29) is 11.5 Å². The molecule has 0 aliphatic heterocycles. The number of furan rings is 1. The Bertz CT molecular complexity index is 1830. The van der Waals surface area contributed by atoms with E-state index in [2.05, 4.69) is 91.0 Å². The van der Waals surface area contributed by atoms with E-state index in [0.717, 1.165) is 30.2 Å². The maximum absolute atomic E-state index is 12.1. The van der Waals surface area contributed by atoms with Gasteiger partial charge in [-0.2, -0.15) is 0 Å². The van der Waals surface area contributed by atoms with Gasteiger partial charge in [0, 0.05) is 6.08 Å². The molecule has 0 aliphatic rings. The second kappa shape index (κ2) is 20.8. The molecule has 1 N–H and O–H groups in total. The predicted molar refractivity (Wildman–Crippen MR) is 223 cm³/mol. The van der Waals surface area contributed by atoms with Crippen LogP contribution in [0.3, 0.4) is 0 Å². The lowest BCUT2D eigenvalue weighted by atomic mass is 10.1. The summed E-state index contributed by atoms with van der Waals surface area (Å²) >= 11 is 0. The van der Waals surface area contributed by atoms with Crippen molar-refractivity contribution in [2.45, 2.75) is 58.3 Å². The molecular formula is C47H52O5P+. The number of unbranched alkanes of at least 4 members (excludes halogenated alkanes) is 7. The third-order valence-corrected chi connectivity index (χ3v) is 13.9. The zero-order valence-electron chi connectivity index (χ0n) is 31.0. The van der Waals surface area contributed by atoms with Gasteiger partial charge in [-0.25, -0.2) is 0 Å². The molecule has 0 atom stereocenters. The van der Waals surface area contributed by atoms with Crippen molar-refractivity contribution >= 4 is 41.1 Å². The summed E-state index contributed by atoms with van der Waals surface area (Å²) in [4.78, 5) is 12.1. The number of methoxy groups -OCH3 is 1. The molecule has 0 amide bonds. The van der Waals surface area contributed by atoms with Crippen LogP contribution in [0, 0.1) is 6.92 Å². The van der Waals surface area contributed by atoms with Crippen LogP contribution in [0.2, 0.25) is 0 Å². The van der Waals surface area contributed by atoms with Crippen LogP contribution in [0.1, 0.15) is 68.5 Å². The Hall–Kier alpha value is -5.12. The highest BCUT2D eigenvalue weighted by atomic mass is 31.2. The molecule has 53 heavy (non-hydrogen) atoms. The number of ether oxygens (including phenoxy) is 2. The molecule has 6 heteroatoms. The van der Waals surface area contributed by atoms with E-state index in [1.165, 1.54) is 72.8 Å². The Morgan fingerprint density at radius 2 is 1.23 bits per heavy atom. The summed E-state index contributed by atoms with van der Waals surface area (Å²) in [5.74, 6) is 2.18. The summed E-state index contributed by atoms with van der Waals surface area (Å²) < 4.78 is 17.0. The lowest BCUT2D eigenvalue weighted by molar-refractivity contribution is -0.110. The van der Waals surface area contributed by atoms with Crippen molar-refractivity contribution in [2.75, 3.05) is 19.9 Å². The zero-order valence-corrected chi connectivity index (χ0v) is 31.9. The van der Waals surface area contributed by atoms with Gasteiger partial charge in [-0.1, -0.05) is 98.8 Å². The van der Waals surface area contributed by atoms with E-state index < -0.39 is 7.26 Å². The van der Waals surface area contributed by atoms with E-state index in [1.807, 2.05) is 31.2 Å². The van der Waals surface area contributed by atoms with Crippen molar-refractivity contribution in [3.8, 4) is 11.5 Å². The smallest absolute Gasteiger partial charge is 0.182 e. The van der Waals surface area contributed by atoms with Gasteiger partial charge in [0.25, 0.3) is 0 Å². The molecule has 0 saturated carbocycles. The molecule has 274 valence electrons.